The van der Waals surface area contributed by atoms with Gasteiger partial charge in [0.2, 0.25) is 0 Å². The monoisotopic (exact) mass is 294 g/mol. The Kier molecular flexibility index (Phi) is 3.97. The van der Waals surface area contributed by atoms with E-state index in [1.54, 1.807) is 6.33 Å². The van der Waals surface area contributed by atoms with Crippen LogP contribution in [-0.2, 0) is 23.1 Å². The molecule has 3 rings (SSSR count). The Labute approximate surface area is 124 Å². The first-order valence-corrected chi connectivity index (χ1v) is 7.35. The van der Waals surface area contributed by atoms with Crippen LogP contribution in [0.4, 0.5) is 0 Å². The highest BCUT2D eigenvalue weighted by molar-refractivity contribution is 5.79. The van der Waals surface area contributed by atoms with Gasteiger partial charge in [-0.15, -0.1) is 0 Å². The Bertz CT molecular complexity index is 502. The molecule has 1 N–H and O–H groups in total. The van der Waals surface area contributed by atoms with E-state index in [1.165, 1.54) is 5.69 Å². The Morgan fingerprint density at radius 3 is 2.71 bits per heavy atom. The van der Waals surface area contributed by atoms with Gasteiger partial charge in [0.1, 0.15) is 5.54 Å². The van der Waals surface area contributed by atoms with E-state index < -0.39 is 11.5 Å². The fraction of sp³-hybridized carbons (Fsp3) is 0.714. The molecule has 1 aromatic rings. The molecule has 2 aliphatic heterocycles. The molecule has 21 heavy (non-hydrogen) atoms. The summed E-state index contributed by atoms with van der Waals surface area (Å²) in [6, 6.07) is 0. The molecule has 0 bridgehead atoms. The van der Waals surface area contributed by atoms with Crippen LogP contribution in [0.2, 0.25) is 0 Å². The lowest BCUT2D eigenvalue weighted by Crippen LogP contribution is -2.61. The molecule has 0 amide bonds. The van der Waals surface area contributed by atoms with Crippen molar-refractivity contribution in [2.24, 2.45) is 7.05 Å². The smallest absolute Gasteiger partial charge is 0.326 e. The van der Waals surface area contributed by atoms with Gasteiger partial charge in [-0.2, -0.15) is 0 Å². The van der Waals surface area contributed by atoms with Crippen molar-refractivity contribution < 1.29 is 14.6 Å². The van der Waals surface area contributed by atoms with Gasteiger partial charge in [0.25, 0.3) is 0 Å². The van der Waals surface area contributed by atoms with Crippen LogP contribution in [0.15, 0.2) is 12.5 Å². The number of rotatable bonds is 4. The number of piperazine rings is 1. The molecule has 3 heterocycles. The number of carboxylic acids is 1. The first-order valence-electron chi connectivity index (χ1n) is 7.35. The maximum absolute atomic E-state index is 11.7. The first-order chi connectivity index (χ1) is 10.1. The Morgan fingerprint density at radius 1 is 1.43 bits per heavy atom. The fourth-order valence-corrected chi connectivity index (χ4v) is 3.21. The molecule has 2 saturated heterocycles. The number of hydrogen-bond donors (Lipinski definition) is 1. The average molecular weight is 294 g/mol. The lowest BCUT2D eigenvalue weighted by Gasteiger charge is -2.42. The Balaban J connectivity index is 1.60. The number of aryl methyl sites for hydroxylation is 1. The quantitative estimate of drug-likeness (QED) is 0.828. The highest BCUT2D eigenvalue weighted by atomic mass is 16.5. The summed E-state index contributed by atoms with van der Waals surface area (Å²) in [5, 5.41) is 9.58. The van der Waals surface area contributed by atoms with E-state index in [-0.39, 0.29) is 0 Å². The third-order valence-corrected chi connectivity index (χ3v) is 4.68. The van der Waals surface area contributed by atoms with E-state index in [0.717, 1.165) is 32.7 Å². The molecule has 0 saturated carbocycles. The molecule has 0 aromatic carbocycles. The molecule has 1 atom stereocenters. The number of carbonyl (C=O) groups is 1. The van der Waals surface area contributed by atoms with Crippen LogP contribution in [0.5, 0.6) is 0 Å². The summed E-state index contributed by atoms with van der Waals surface area (Å²) >= 11 is 0. The molecule has 0 spiro atoms. The van der Waals surface area contributed by atoms with E-state index in [4.69, 9.17) is 4.74 Å². The van der Waals surface area contributed by atoms with E-state index in [9.17, 15) is 9.90 Å². The molecule has 1 aromatic heterocycles. The summed E-state index contributed by atoms with van der Waals surface area (Å²) in [6.07, 6.45) is 4.28. The van der Waals surface area contributed by atoms with Gasteiger partial charge >= 0.3 is 5.97 Å². The molecule has 116 valence electrons. The molecule has 0 radical (unpaired) electrons. The summed E-state index contributed by atoms with van der Waals surface area (Å²) in [6.45, 7) is 5.01. The molecular weight excluding hydrogens is 272 g/mol. The van der Waals surface area contributed by atoms with Crippen molar-refractivity contribution in [2.45, 2.75) is 18.5 Å². The number of hydrogen-bond acceptors (Lipinski definition) is 5. The Hall–Kier alpha value is -1.44. The minimum absolute atomic E-state index is 0.310. The van der Waals surface area contributed by atoms with Gasteiger partial charge < -0.3 is 14.4 Å². The van der Waals surface area contributed by atoms with Crippen molar-refractivity contribution in [3.63, 3.8) is 0 Å². The number of nitrogens with zero attached hydrogens (tertiary/aromatic N) is 4. The fourth-order valence-electron chi connectivity index (χ4n) is 3.21. The molecular formula is C14H22N4O3. The van der Waals surface area contributed by atoms with Crippen LogP contribution >= 0.6 is 0 Å². The van der Waals surface area contributed by atoms with Crippen LogP contribution < -0.4 is 0 Å². The number of carboxylic acid groups (broad SMARTS) is 1. The molecule has 0 aliphatic carbocycles. The van der Waals surface area contributed by atoms with Gasteiger partial charge in [-0.3, -0.25) is 14.6 Å². The molecule has 2 fully saturated rings. The van der Waals surface area contributed by atoms with Crippen molar-refractivity contribution in [2.75, 3.05) is 39.4 Å². The van der Waals surface area contributed by atoms with Crippen LogP contribution in [0.3, 0.4) is 0 Å². The largest absolute Gasteiger partial charge is 0.480 e. The summed E-state index contributed by atoms with van der Waals surface area (Å²) in [4.78, 5) is 20.2. The zero-order valence-corrected chi connectivity index (χ0v) is 12.4. The predicted octanol–water partition coefficient (Wildman–Crippen LogP) is -0.219. The summed E-state index contributed by atoms with van der Waals surface area (Å²) < 4.78 is 7.38. The number of aromatic nitrogens is 2. The number of imidazole rings is 1. The van der Waals surface area contributed by atoms with Crippen molar-refractivity contribution >= 4 is 5.97 Å². The standard InChI is InChI=1S/C14H22N4O3/c1-16-11-15-8-12(16)9-17-3-5-18(6-4-17)14(13(19)20)2-7-21-10-14/h8,11H,2-7,9-10H2,1H3,(H,19,20). The van der Waals surface area contributed by atoms with Gasteiger partial charge in [-0.25, -0.2) is 4.98 Å². The van der Waals surface area contributed by atoms with E-state index in [1.807, 2.05) is 17.8 Å². The van der Waals surface area contributed by atoms with Gasteiger partial charge in [0.05, 0.1) is 18.6 Å². The second-order valence-electron chi connectivity index (χ2n) is 5.90. The zero-order chi connectivity index (χ0) is 14.9. The van der Waals surface area contributed by atoms with Gasteiger partial charge in [-0.1, -0.05) is 0 Å². The third-order valence-electron chi connectivity index (χ3n) is 4.68. The lowest BCUT2D eigenvalue weighted by atomic mass is 9.95. The summed E-state index contributed by atoms with van der Waals surface area (Å²) in [7, 11) is 1.99. The minimum Gasteiger partial charge on any atom is -0.480 e. The van der Waals surface area contributed by atoms with Crippen molar-refractivity contribution in [3.05, 3.63) is 18.2 Å². The van der Waals surface area contributed by atoms with Crippen LogP contribution in [0.25, 0.3) is 0 Å². The highest BCUT2D eigenvalue weighted by Crippen LogP contribution is 2.28. The van der Waals surface area contributed by atoms with Crippen LogP contribution in [-0.4, -0.2) is 75.4 Å². The summed E-state index contributed by atoms with van der Waals surface area (Å²) in [5.41, 5.74) is 0.374. The van der Waals surface area contributed by atoms with Crippen molar-refractivity contribution in [3.8, 4) is 0 Å². The maximum atomic E-state index is 11.7. The maximum Gasteiger partial charge on any atom is 0.326 e. The topological polar surface area (TPSA) is 70.8 Å². The van der Waals surface area contributed by atoms with Gasteiger partial charge in [-0.05, 0) is 0 Å². The molecule has 2 aliphatic rings. The summed E-state index contributed by atoms with van der Waals surface area (Å²) in [5.74, 6) is -0.750. The van der Waals surface area contributed by atoms with E-state index in [0.29, 0.717) is 19.6 Å². The predicted molar refractivity (Wildman–Crippen MR) is 75.9 cm³/mol. The molecule has 7 heteroatoms. The van der Waals surface area contributed by atoms with E-state index >= 15 is 0 Å². The van der Waals surface area contributed by atoms with Crippen molar-refractivity contribution in [1.29, 1.82) is 0 Å². The number of ether oxygens (including phenoxy) is 1. The van der Waals surface area contributed by atoms with Gasteiger partial charge in [0.15, 0.2) is 0 Å². The average Bonchev–Trinajstić information content (AvgIpc) is 3.11. The zero-order valence-electron chi connectivity index (χ0n) is 12.4. The number of aliphatic carboxylic acids is 1. The van der Waals surface area contributed by atoms with Crippen LogP contribution in [0.1, 0.15) is 12.1 Å². The molecule has 7 nitrogen and oxygen atoms in total. The van der Waals surface area contributed by atoms with Crippen molar-refractivity contribution in [1.82, 2.24) is 19.4 Å². The minimum atomic E-state index is -0.807. The Morgan fingerprint density at radius 2 is 2.19 bits per heavy atom. The molecule has 1 unspecified atom stereocenters. The van der Waals surface area contributed by atoms with Crippen LogP contribution in [0, 0.1) is 0 Å². The van der Waals surface area contributed by atoms with E-state index in [2.05, 4.69) is 14.8 Å². The third kappa shape index (κ3) is 2.68. The highest BCUT2D eigenvalue weighted by Gasteiger charge is 2.48. The normalized spacial score (nSPS) is 28.0. The second-order valence-corrected chi connectivity index (χ2v) is 5.90. The lowest BCUT2D eigenvalue weighted by molar-refractivity contribution is -0.153. The first kappa shape index (κ1) is 14.5. The SMILES string of the molecule is Cn1cncc1CN1CCN(C2(C(=O)O)CCOC2)CC1. The second kappa shape index (κ2) is 5.75. The van der Waals surface area contributed by atoms with Gasteiger partial charge in [0, 0.05) is 59.0 Å².